The SMILES string of the molecule is CSC(C)(C)c1cc(N2CCOCC2)nc(-c2cc(F)c(NC(=O)Oc3ccccc3)c(F)c2)n1. The average molecular weight is 501 g/mol. The van der Waals surface area contributed by atoms with E-state index in [1.807, 2.05) is 26.2 Å². The predicted molar refractivity (Wildman–Crippen MR) is 133 cm³/mol. The molecule has 0 aliphatic carbocycles. The summed E-state index contributed by atoms with van der Waals surface area (Å²) in [5.41, 5.74) is 0.296. The fourth-order valence-corrected chi connectivity index (χ4v) is 3.79. The van der Waals surface area contributed by atoms with Crippen molar-refractivity contribution in [1.82, 2.24) is 9.97 Å². The molecule has 1 aliphatic heterocycles. The van der Waals surface area contributed by atoms with Crippen molar-refractivity contribution >= 4 is 29.4 Å². The Morgan fingerprint density at radius 2 is 1.74 bits per heavy atom. The van der Waals surface area contributed by atoms with E-state index >= 15 is 0 Å². The van der Waals surface area contributed by atoms with E-state index < -0.39 is 23.4 Å². The van der Waals surface area contributed by atoms with E-state index in [4.69, 9.17) is 9.47 Å². The summed E-state index contributed by atoms with van der Waals surface area (Å²) < 4.78 is 40.1. The van der Waals surface area contributed by atoms with Gasteiger partial charge in [0.2, 0.25) is 0 Å². The molecule has 1 amide bonds. The first-order chi connectivity index (χ1) is 16.8. The number of nitrogens with zero attached hydrogens (tertiary/aromatic N) is 3. The van der Waals surface area contributed by atoms with Crippen LogP contribution in [0.15, 0.2) is 48.5 Å². The third-order valence-electron chi connectivity index (χ3n) is 5.66. The zero-order valence-corrected chi connectivity index (χ0v) is 20.5. The number of morpholine rings is 1. The lowest BCUT2D eigenvalue weighted by atomic mass is 10.1. The van der Waals surface area contributed by atoms with Crippen molar-refractivity contribution in [2.45, 2.75) is 18.6 Å². The van der Waals surface area contributed by atoms with E-state index in [2.05, 4.69) is 20.2 Å². The first-order valence-corrected chi connectivity index (χ1v) is 12.3. The van der Waals surface area contributed by atoms with Gasteiger partial charge in [0.1, 0.15) is 17.3 Å². The Morgan fingerprint density at radius 1 is 1.09 bits per heavy atom. The van der Waals surface area contributed by atoms with Crippen molar-refractivity contribution in [3.63, 3.8) is 0 Å². The van der Waals surface area contributed by atoms with Gasteiger partial charge < -0.3 is 14.4 Å². The first kappa shape index (κ1) is 24.9. The standard InChI is InChI=1S/C25H26F2N4O3S/c1-25(2,35-3)20-15-21(31-9-11-33-12-10-31)29-23(28-20)16-13-18(26)22(19(27)14-16)30-24(32)34-17-7-5-4-6-8-17/h4-8,13-15H,9-12H2,1-3H3,(H,30,32). The lowest BCUT2D eigenvalue weighted by molar-refractivity contribution is 0.122. The number of hydrogen-bond donors (Lipinski definition) is 1. The van der Waals surface area contributed by atoms with Crippen LogP contribution in [0.3, 0.4) is 0 Å². The van der Waals surface area contributed by atoms with Crippen LogP contribution in [0, 0.1) is 11.6 Å². The molecule has 35 heavy (non-hydrogen) atoms. The van der Waals surface area contributed by atoms with Gasteiger partial charge >= 0.3 is 6.09 Å². The monoisotopic (exact) mass is 500 g/mol. The van der Waals surface area contributed by atoms with E-state index in [1.165, 1.54) is 0 Å². The summed E-state index contributed by atoms with van der Waals surface area (Å²) in [5, 5.41) is 2.14. The fraction of sp³-hybridized carbons (Fsp3) is 0.320. The molecule has 4 rings (SSSR count). The molecule has 3 aromatic rings. The Bertz CT molecular complexity index is 1180. The summed E-state index contributed by atoms with van der Waals surface area (Å²) in [7, 11) is 0. The minimum absolute atomic E-state index is 0.162. The summed E-state index contributed by atoms with van der Waals surface area (Å²) in [5.74, 6) is -0.806. The maximum atomic E-state index is 15.0. The summed E-state index contributed by atoms with van der Waals surface area (Å²) in [6.07, 6.45) is 0.973. The molecule has 1 fully saturated rings. The summed E-state index contributed by atoms with van der Waals surface area (Å²) >= 11 is 1.61. The van der Waals surface area contributed by atoms with Crippen molar-refractivity contribution in [3.8, 4) is 17.1 Å². The van der Waals surface area contributed by atoms with Crippen molar-refractivity contribution in [2.75, 3.05) is 42.8 Å². The quantitative estimate of drug-likeness (QED) is 0.481. The smallest absolute Gasteiger partial charge is 0.410 e. The molecule has 2 heterocycles. The molecule has 0 radical (unpaired) electrons. The molecular formula is C25H26F2N4O3S. The highest BCUT2D eigenvalue weighted by molar-refractivity contribution is 7.99. The van der Waals surface area contributed by atoms with Gasteiger partial charge in [0.15, 0.2) is 17.5 Å². The van der Waals surface area contributed by atoms with E-state index in [0.29, 0.717) is 32.1 Å². The summed E-state index contributed by atoms with van der Waals surface area (Å²) in [6.45, 7) is 6.51. The second-order valence-corrected chi connectivity index (χ2v) is 9.82. The third kappa shape index (κ3) is 5.88. The van der Waals surface area contributed by atoms with Crippen molar-refractivity contribution in [3.05, 3.63) is 65.9 Å². The van der Waals surface area contributed by atoms with Gasteiger partial charge in [-0.25, -0.2) is 23.5 Å². The number of thioether (sulfide) groups is 1. The molecule has 0 atom stereocenters. The van der Waals surface area contributed by atoms with E-state index in [9.17, 15) is 13.6 Å². The minimum Gasteiger partial charge on any atom is -0.410 e. The average Bonchev–Trinajstić information content (AvgIpc) is 2.87. The molecule has 0 spiro atoms. The molecule has 1 aromatic heterocycles. The Kier molecular flexibility index (Phi) is 7.51. The number of para-hydroxylation sites is 1. The molecule has 184 valence electrons. The number of anilines is 2. The maximum absolute atomic E-state index is 15.0. The summed E-state index contributed by atoms with van der Waals surface area (Å²) in [4.78, 5) is 23.4. The van der Waals surface area contributed by atoms with Crippen LogP contribution in [-0.2, 0) is 9.48 Å². The molecule has 0 saturated carbocycles. The third-order valence-corrected chi connectivity index (χ3v) is 6.89. The van der Waals surface area contributed by atoms with Crippen LogP contribution in [-0.4, -0.2) is 48.6 Å². The summed E-state index contributed by atoms with van der Waals surface area (Å²) in [6, 6.07) is 12.3. The van der Waals surface area contributed by atoms with Crippen molar-refractivity contribution in [1.29, 1.82) is 0 Å². The number of nitrogens with one attached hydrogen (secondary N) is 1. The number of hydrogen-bond acceptors (Lipinski definition) is 7. The molecule has 1 N–H and O–H groups in total. The first-order valence-electron chi connectivity index (χ1n) is 11.1. The molecule has 0 bridgehead atoms. The second-order valence-electron chi connectivity index (χ2n) is 8.39. The van der Waals surface area contributed by atoms with E-state index in [0.717, 1.165) is 17.8 Å². The maximum Gasteiger partial charge on any atom is 0.417 e. The number of amides is 1. The highest BCUT2D eigenvalue weighted by Gasteiger charge is 2.26. The molecule has 10 heteroatoms. The van der Waals surface area contributed by atoms with Gasteiger partial charge in [0.05, 0.1) is 23.7 Å². The fourth-order valence-electron chi connectivity index (χ4n) is 3.48. The number of carbonyl (C=O) groups excluding carboxylic acids is 1. The Labute approximate surface area is 206 Å². The van der Waals surface area contributed by atoms with Crippen LogP contribution in [0.1, 0.15) is 19.5 Å². The predicted octanol–water partition coefficient (Wildman–Crippen LogP) is 5.47. The second kappa shape index (κ2) is 10.6. The number of benzene rings is 2. The van der Waals surface area contributed by atoms with Gasteiger partial charge in [0, 0.05) is 24.7 Å². The molecule has 2 aromatic carbocycles. The van der Waals surface area contributed by atoms with Crippen molar-refractivity contribution < 1.29 is 23.0 Å². The van der Waals surface area contributed by atoms with Crippen LogP contribution in [0.4, 0.5) is 25.1 Å². The number of rotatable bonds is 6. The van der Waals surface area contributed by atoms with Gasteiger partial charge in [-0.15, -0.1) is 0 Å². The lowest BCUT2D eigenvalue weighted by Crippen LogP contribution is -2.37. The molecule has 7 nitrogen and oxygen atoms in total. The lowest BCUT2D eigenvalue weighted by Gasteiger charge is -2.30. The zero-order valence-electron chi connectivity index (χ0n) is 19.7. The zero-order chi connectivity index (χ0) is 25.0. The Morgan fingerprint density at radius 3 is 2.37 bits per heavy atom. The molecule has 0 unspecified atom stereocenters. The Balaban J connectivity index is 1.66. The Hall–Kier alpha value is -3.24. The number of ether oxygens (including phenoxy) is 2. The molecule has 1 aliphatic rings. The van der Waals surface area contributed by atoms with Gasteiger partial charge in [-0.05, 0) is 44.4 Å². The van der Waals surface area contributed by atoms with Gasteiger partial charge in [-0.1, -0.05) is 18.2 Å². The highest BCUT2D eigenvalue weighted by atomic mass is 32.2. The minimum atomic E-state index is -1.00. The van der Waals surface area contributed by atoms with E-state index in [1.54, 1.807) is 42.1 Å². The van der Waals surface area contributed by atoms with Crippen LogP contribution >= 0.6 is 11.8 Å². The van der Waals surface area contributed by atoms with Crippen LogP contribution < -0.4 is 15.0 Å². The van der Waals surface area contributed by atoms with Gasteiger partial charge in [0.25, 0.3) is 0 Å². The highest BCUT2D eigenvalue weighted by Crippen LogP contribution is 2.36. The van der Waals surface area contributed by atoms with E-state index in [-0.39, 0.29) is 21.9 Å². The van der Waals surface area contributed by atoms with Crippen LogP contribution in [0.2, 0.25) is 0 Å². The van der Waals surface area contributed by atoms with Gasteiger partial charge in [-0.2, -0.15) is 11.8 Å². The topological polar surface area (TPSA) is 76.6 Å². The van der Waals surface area contributed by atoms with Crippen LogP contribution in [0.25, 0.3) is 11.4 Å². The number of aromatic nitrogens is 2. The number of carbonyl (C=O) groups is 1. The normalized spacial score (nSPS) is 14.0. The number of halogens is 2. The van der Waals surface area contributed by atoms with Gasteiger partial charge in [-0.3, -0.25) is 5.32 Å². The largest absolute Gasteiger partial charge is 0.417 e. The van der Waals surface area contributed by atoms with Crippen molar-refractivity contribution in [2.24, 2.45) is 0 Å². The molecular weight excluding hydrogens is 474 g/mol. The molecule has 1 saturated heterocycles. The van der Waals surface area contributed by atoms with Crippen LogP contribution in [0.5, 0.6) is 5.75 Å².